The molecule has 5 rings (SSSR count). The van der Waals surface area contributed by atoms with Gasteiger partial charge in [0, 0.05) is 4.88 Å². The minimum absolute atomic E-state index is 0.202. The molecule has 0 spiro atoms. The van der Waals surface area contributed by atoms with E-state index < -0.39 is 0 Å². The van der Waals surface area contributed by atoms with Gasteiger partial charge in [-0.05, 0) is 37.7 Å². The maximum absolute atomic E-state index is 11.8. The van der Waals surface area contributed by atoms with Gasteiger partial charge in [0.25, 0.3) is 5.78 Å². The first-order valence-corrected chi connectivity index (χ1v) is 10.8. The zero-order chi connectivity index (χ0) is 18.5. The van der Waals surface area contributed by atoms with Gasteiger partial charge in [0.1, 0.15) is 11.2 Å². The van der Waals surface area contributed by atoms with E-state index in [1.54, 1.807) is 29.1 Å². The molecular formula is C17H18N6O2S2. The molecule has 4 aromatic heterocycles. The SMILES string of the molecule is CCOC(=O)CSc1nnc2n3ncnc3c3c4c(sc3n12)CC[C@@H](C)C4. The number of carbonyl (C=O) groups excluding carboxylic acids is 1. The number of thiophene rings is 1. The van der Waals surface area contributed by atoms with Crippen LogP contribution in [-0.4, -0.2) is 47.5 Å². The quantitative estimate of drug-likeness (QED) is 0.383. The molecule has 27 heavy (non-hydrogen) atoms. The summed E-state index contributed by atoms with van der Waals surface area (Å²) >= 11 is 3.12. The summed E-state index contributed by atoms with van der Waals surface area (Å²) < 4.78 is 8.79. The fourth-order valence-electron chi connectivity index (χ4n) is 3.69. The lowest BCUT2D eigenvalue weighted by Gasteiger charge is -2.17. The molecule has 0 unspecified atom stereocenters. The van der Waals surface area contributed by atoms with Crippen LogP contribution in [0.1, 0.15) is 30.7 Å². The van der Waals surface area contributed by atoms with Crippen molar-refractivity contribution in [3.63, 3.8) is 0 Å². The van der Waals surface area contributed by atoms with Crippen LogP contribution in [-0.2, 0) is 22.4 Å². The number of fused-ring (bicyclic) bond motifs is 8. The zero-order valence-electron chi connectivity index (χ0n) is 15.0. The van der Waals surface area contributed by atoms with Crippen molar-refractivity contribution >= 4 is 50.7 Å². The third-order valence-electron chi connectivity index (χ3n) is 4.89. The predicted molar refractivity (Wildman–Crippen MR) is 103 cm³/mol. The molecule has 0 aliphatic heterocycles. The first kappa shape index (κ1) is 16.9. The molecule has 0 saturated heterocycles. The molecule has 1 aliphatic carbocycles. The normalized spacial score (nSPS) is 17.0. The monoisotopic (exact) mass is 402 g/mol. The van der Waals surface area contributed by atoms with E-state index in [1.807, 2.05) is 4.40 Å². The van der Waals surface area contributed by atoms with Crippen LogP contribution in [0.2, 0.25) is 0 Å². The summed E-state index contributed by atoms with van der Waals surface area (Å²) in [6.45, 7) is 4.47. The topological polar surface area (TPSA) is 86.7 Å². The lowest BCUT2D eigenvalue weighted by Crippen LogP contribution is -2.09. The van der Waals surface area contributed by atoms with Crippen molar-refractivity contribution in [2.45, 2.75) is 38.3 Å². The number of aromatic nitrogens is 6. The van der Waals surface area contributed by atoms with Crippen molar-refractivity contribution in [2.24, 2.45) is 5.92 Å². The lowest BCUT2D eigenvalue weighted by molar-refractivity contribution is -0.139. The molecule has 1 atom stereocenters. The number of rotatable bonds is 4. The number of thioether (sulfide) groups is 1. The van der Waals surface area contributed by atoms with Crippen molar-refractivity contribution < 1.29 is 9.53 Å². The van der Waals surface area contributed by atoms with Gasteiger partial charge >= 0.3 is 5.97 Å². The highest BCUT2D eigenvalue weighted by atomic mass is 32.2. The Balaban J connectivity index is 1.73. The molecule has 0 radical (unpaired) electrons. The van der Waals surface area contributed by atoms with Gasteiger partial charge in [-0.25, -0.2) is 9.38 Å². The van der Waals surface area contributed by atoms with Crippen LogP contribution in [0.5, 0.6) is 0 Å². The third kappa shape index (κ3) is 2.61. The van der Waals surface area contributed by atoms with Gasteiger partial charge in [0.05, 0.1) is 17.7 Å². The van der Waals surface area contributed by atoms with E-state index in [1.165, 1.54) is 28.6 Å². The van der Waals surface area contributed by atoms with Gasteiger partial charge in [0.2, 0.25) is 0 Å². The van der Waals surface area contributed by atoms with Crippen molar-refractivity contribution in [1.29, 1.82) is 0 Å². The summed E-state index contributed by atoms with van der Waals surface area (Å²) in [4.78, 5) is 18.8. The van der Waals surface area contributed by atoms with E-state index in [4.69, 9.17) is 4.74 Å². The second-order valence-corrected chi connectivity index (χ2v) is 8.77. The largest absolute Gasteiger partial charge is 0.465 e. The molecule has 0 fully saturated rings. The minimum Gasteiger partial charge on any atom is -0.465 e. The summed E-state index contributed by atoms with van der Waals surface area (Å²) in [7, 11) is 0. The number of hydrogen-bond acceptors (Lipinski definition) is 8. The van der Waals surface area contributed by atoms with Crippen LogP contribution in [0.4, 0.5) is 0 Å². The molecule has 8 nitrogen and oxygen atoms in total. The number of carbonyl (C=O) groups is 1. The highest BCUT2D eigenvalue weighted by molar-refractivity contribution is 7.99. The van der Waals surface area contributed by atoms with Gasteiger partial charge < -0.3 is 4.74 Å². The van der Waals surface area contributed by atoms with Crippen molar-refractivity contribution in [3.8, 4) is 0 Å². The Morgan fingerprint density at radius 1 is 1.44 bits per heavy atom. The highest BCUT2D eigenvalue weighted by Gasteiger charge is 2.26. The van der Waals surface area contributed by atoms with Crippen LogP contribution in [0.15, 0.2) is 11.5 Å². The lowest BCUT2D eigenvalue weighted by atomic mass is 9.89. The van der Waals surface area contributed by atoms with Crippen LogP contribution >= 0.6 is 23.1 Å². The Morgan fingerprint density at radius 2 is 2.33 bits per heavy atom. The maximum Gasteiger partial charge on any atom is 0.316 e. The van der Waals surface area contributed by atoms with Crippen molar-refractivity contribution in [1.82, 2.24) is 29.2 Å². The Bertz CT molecular complexity index is 1180. The van der Waals surface area contributed by atoms with Gasteiger partial charge in [-0.15, -0.1) is 21.5 Å². The maximum atomic E-state index is 11.8. The molecule has 4 heterocycles. The van der Waals surface area contributed by atoms with Gasteiger partial charge in [-0.1, -0.05) is 18.7 Å². The molecule has 140 valence electrons. The number of aryl methyl sites for hydroxylation is 1. The molecule has 0 bridgehead atoms. The van der Waals surface area contributed by atoms with E-state index >= 15 is 0 Å². The first-order valence-electron chi connectivity index (χ1n) is 8.96. The smallest absolute Gasteiger partial charge is 0.316 e. The molecule has 0 N–H and O–H groups in total. The highest BCUT2D eigenvalue weighted by Crippen LogP contribution is 2.40. The van der Waals surface area contributed by atoms with Crippen LogP contribution in [0.25, 0.3) is 21.6 Å². The minimum atomic E-state index is -0.253. The predicted octanol–water partition coefficient (Wildman–Crippen LogP) is 2.77. The second kappa shape index (κ2) is 6.45. The zero-order valence-corrected chi connectivity index (χ0v) is 16.6. The Hall–Kier alpha value is -2.20. The van der Waals surface area contributed by atoms with Crippen LogP contribution in [0, 0.1) is 5.92 Å². The first-order chi connectivity index (χ1) is 13.2. The number of nitrogens with zero attached hydrogens (tertiary/aromatic N) is 6. The van der Waals surface area contributed by atoms with Crippen molar-refractivity contribution in [2.75, 3.05) is 12.4 Å². The third-order valence-corrected chi connectivity index (χ3v) is 7.07. The standard InChI is InChI=1S/C17H18N6O2S2/c1-3-25-12(24)7-26-17-21-20-16-22(17)15-13(14-18-8-19-23(14)16)10-6-9(2)4-5-11(10)27-15/h8-9H,3-7H2,1-2H3/t9-/m1/s1. The molecule has 0 saturated carbocycles. The second-order valence-electron chi connectivity index (χ2n) is 6.74. The molecule has 0 amide bonds. The van der Waals surface area contributed by atoms with E-state index in [2.05, 4.69) is 27.2 Å². The van der Waals surface area contributed by atoms with Crippen LogP contribution in [0.3, 0.4) is 0 Å². The van der Waals surface area contributed by atoms with Crippen LogP contribution < -0.4 is 0 Å². The molecule has 4 aromatic rings. The van der Waals surface area contributed by atoms with Gasteiger partial charge in [0.15, 0.2) is 10.8 Å². The Labute approximate surface area is 162 Å². The Morgan fingerprint density at radius 3 is 3.19 bits per heavy atom. The molecule has 1 aliphatic rings. The summed E-state index contributed by atoms with van der Waals surface area (Å²) in [5.74, 6) is 1.23. The molecular weight excluding hydrogens is 384 g/mol. The molecule has 0 aromatic carbocycles. The average Bonchev–Trinajstić information content (AvgIpc) is 3.35. The Kier molecular flexibility index (Phi) is 4.05. The fraction of sp³-hybridized carbons (Fsp3) is 0.471. The van der Waals surface area contributed by atoms with E-state index in [-0.39, 0.29) is 11.7 Å². The fourth-order valence-corrected chi connectivity index (χ4v) is 5.81. The number of ether oxygens (including phenoxy) is 1. The summed E-state index contributed by atoms with van der Waals surface area (Å²) in [5.41, 5.74) is 2.21. The summed E-state index contributed by atoms with van der Waals surface area (Å²) in [6.07, 6.45) is 4.91. The summed E-state index contributed by atoms with van der Waals surface area (Å²) in [5, 5.41) is 14.8. The van der Waals surface area contributed by atoms with E-state index in [0.717, 1.165) is 28.7 Å². The van der Waals surface area contributed by atoms with E-state index in [9.17, 15) is 4.79 Å². The van der Waals surface area contributed by atoms with Gasteiger partial charge in [-0.3, -0.25) is 4.79 Å². The number of esters is 1. The summed E-state index contributed by atoms with van der Waals surface area (Å²) in [6, 6.07) is 0. The average molecular weight is 403 g/mol. The van der Waals surface area contributed by atoms with Crippen molar-refractivity contribution in [3.05, 3.63) is 16.8 Å². The number of hydrogen-bond donors (Lipinski definition) is 0. The molecule has 10 heteroatoms. The van der Waals surface area contributed by atoms with E-state index in [0.29, 0.717) is 23.5 Å². The van der Waals surface area contributed by atoms with Gasteiger partial charge in [-0.2, -0.15) is 9.61 Å².